The van der Waals surface area contributed by atoms with Crippen LogP contribution in [0.3, 0.4) is 0 Å². The van der Waals surface area contributed by atoms with E-state index in [0.717, 1.165) is 11.8 Å². The van der Waals surface area contributed by atoms with E-state index in [1.807, 2.05) is 5.32 Å². The third-order valence-electron chi connectivity index (χ3n) is 23.0. The molecule has 0 aromatic heterocycles. The van der Waals surface area contributed by atoms with Crippen LogP contribution in [0.4, 0.5) is 0 Å². The van der Waals surface area contributed by atoms with E-state index in [1.165, 1.54) is 51.3 Å². The molecular weight excluding hydrogens is 1920 g/mol. The lowest BCUT2D eigenvalue weighted by Crippen LogP contribution is -2.61. The smallest absolute Gasteiger partial charge is 0.326 e. The van der Waals surface area contributed by atoms with Crippen molar-refractivity contribution in [2.75, 3.05) is 58.2 Å². The number of nitrogens with two attached hydrogens (primary N) is 5. The fourth-order valence-electron chi connectivity index (χ4n) is 14.8. The summed E-state index contributed by atoms with van der Waals surface area (Å²) < 4.78 is 0. The summed E-state index contributed by atoms with van der Waals surface area (Å²) in [6.07, 6.45) is -5.87. The highest BCUT2D eigenvalue weighted by Crippen LogP contribution is 2.27. The summed E-state index contributed by atoms with van der Waals surface area (Å²) >= 11 is 4.08. The Morgan fingerprint density at radius 3 is 1.27 bits per heavy atom. The molecule has 0 aliphatic carbocycles. The van der Waals surface area contributed by atoms with Gasteiger partial charge in [-0.05, 0) is 117 Å². The van der Waals surface area contributed by atoms with Crippen molar-refractivity contribution in [3.63, 3.8) is 0 Å². The molecule has 3 aliphatic rings. The molecule has 3 rings (SSSR count). The predicted molar refractivity (Wildman–Crippen MR) is 499 cm³/mol. The quantitative estimate of drug-likeness (QED) is 0.0116. The number of carbonyl (C=O) groups excluding carboxylic acids is 21. The number of hydrogen-bond donors (Lipinski definition) is 32. The van der Waals surface area contributed by atoms with Crippen LogP contribution in [0.5, 0.6) is 0 Å². The maximum Gasteiger partial charge on any atom is 0.326 e. The summed E-state index contributed by atoms with van der Waals surface area (Å²) in [5, 5.41) is 116. The van der Waals surface area contributed by atoms with Crippen LogP contribution in [0.2, 0.25) is 0 Å². The second-order valence-corrected chi connectivity index (χ2v) is 35.1. The standard InChI is InChI=1S/C83H136N28O31S/c1-9-37(4)62(107-72(132)48(31-60(122)123)103-74(134)50(35-143)105-70(130)46(29-58(118)119)98-56(116)32-93-68(128)44(21-23-55(86)115)100-78(138)63(41(8)113)108-66(126)40(7)95-67(127)42(84)20-22-54(85)114)80(140)111-28-12-17-51(111)75(135)94-33-57(117)109-26-14-19-53(109)79(139)110-27-13-18-52(110)76(136)97-39(6)65(125)104-49(34-112)73(133)102-47(30-59(120)121)71(131)106-61(36(2)3)77(137)99-43(15-10-24-91-82(87)88)69(129)96-38(5)64(124)101-45(81(141)142)16-11-25-92-83(89)90/h36-53,61-63,112-113,143H,9-35,84H2,1-8H3,(H2,85,114)(H2,86,115)(H,93,128)(H,94,135)(H,95,127)(H,96,129)(H,97,136)(H,98,116)(H,99,137)(H,100,138)(H,101,124)(H,102,133)(H,103,134)(H,104,125)(H,105,130)(H,106,131)(H,107,132)(H,108,126)(H,118,119)(H,120,121)(H,122,123)(H,141,142)(H4,87,88,91)(H4,89,90,92)/t37-,38-,39-,40-,41+,42-,43-,44-,45-,46-,47-,48-,49-,50-,51-,52-,53-,61-,62-,63-/m0/s1. The van der Waals surface area contributed by atoms with Gasteiger partial charge in [-0.2, -0.15) is 12.6 Å². The maximum atomic E-state index is 14.7. The minimum atomic E-state index is -2.08. The van der Waals surface area contributed by atoms with Crippen LogP contribution in [0, 0.1) is 22.7 Å². The van der Waals surface area contributed by atoms with E-state index in [9.17, 15) is 151 Å². The van der Waals surface area contributed by atoms with Gasteiger partial charge < -0.3 is 170 Å². The number of aliphatic hydroxyl groups excluding tert-OH is 2. The zero-order valence-corrected chi connectivity index (χ0v) is 81.2. The number of amides is 21. The first-order chi connectivity index (χ1) is 67.0. The van der Waals surface area contributed by atoms with Crippen molar-refractivity contribution in [1.82, 2.24) is 110 Å². The first-order valence-corrected chi connectivity index (χ1v) is 46.6. The van der Waals surface area contributed by atoms with Crippen molar-refractivity contribution in [2.45, 2.75) is 286 Å². The van der Waals surface area contributed by atoms with Crippen molar-refractivity contribution in [1.29, 1.82) is 10.8 Å². The summed E-state index contributed by atoms with van der Waals surface area (Å²) in [5.74, 6) is -31.7. The van der Waals surface area contributed by atoms with Gasteiger partial charge in [0, 0.05) is 51.3 Å². The molecule has 0 bridgehead atoms. The van der Waals surface area contributed by atoms with Gasteiger partial charge in [0.25, 0.3) is 0 Å². The minimum absolute atomic E-state index is 0.000868. The first-order valence-electron chi connectivity index (χ1n) is 46.0. The first kappa shape index (κ1) is 123. The molecule has 59 nitrogen and oxygen atoms in total. The van der Waals surface area contributed by atoms with Gasteiger partial charge in [0.15, 0.2) is 11.9 Å². The lowest BCUT2D eigenvalue weighted by atomic mass is 9.96. The van der Waals surface area contributed by atoms with E-state index in [4.69, 9.17) is 39.5 Å². The van der Waals surface area contributed by atoms with Gasteiger partial charge >= 0.3 is 23.9 Å². The number of primary amides is 2. The third-order valence-corrected chi connectivity index (χ3v) is 23.3. The number of carbonyl (C=O) groups is 25. The van der Waals surface area contributed by atoms with Gasteiger partial charge in [0.2, 0.25) is 124 Å². The number of guanidine groups is 2. The minimum Gasteiger partial charge on any atom is -0.481 e. The van der Waals surface area contributed by atoms with Crippen molar-refractivity contribution >= 4 is 172 Å². The lowest BCUT2D eigenvalue weighted by Gasteiger charge is -2.33. The van der Waals surface area contributed by atoms with Crippen LogP contribution in [0.25, 0.3) is 0 Å². The number of likely N-dealkylation sites (tertiary alicyclic amines) is 3. The Labute approximate surface area is 825 Å². The molecule has 36 N–H and O–H groups in total. The number of nitrogens with zero attached hydrogens (tertiary/aromatic N) is 3. The molecule has 3 heterocycles. The van der Waals surface area contributed by atoms with Gasteiger partial charge in [0.05, 0.1) is 51.1 Å². The van der Waals surface area contributed by atoms with Crippen LogP contribution >= 0.6 is 12.6 Å². The zero-order valence-electron chi connectivity index (χ0n) is 80.3. The van der Waals surface area contributed by atoms with Crippen molar-refractivity contribution < 1.29 is 151 Å². The van der Waals surface area contributed by atoms with E-state index in [-0.39, 0.29) is 122 Å². The molecule has 0 unspecified atom stereocenters. The average molecular weight is 2050 g/mol. The molecule has 0 radical (unpaired) electrons. The number of aliphatic hydroxyl groups is 2. The normalized spacial score (nSPS) is 17.8. The largest absolute Gasteiger partial charge is 0.481 e. The summed E-state index contributed by atoms with van der Waals surface area (Å²) in [4.78, 5) is 337. The summed E-state index contributed by atoms with van der Waals surface area (Å²) in [5.41, 5.74) is 26.8. The van der Waals surface area contributed by atoms with Crippen molar-refractivity contribution in [3.8, 4) is 0 Å². The molecule has 0 spiro atoms. The van der Waals surface area contributed by atoms with E-state index >= 15 is 0 Å². The highest BCUT2D eigenvalue weighted by molar-refractivity contribution is 7.80. The monoisotopic (exact) mass is 2050 g/mol. The SMILES string of the molecule is CC[C@H](C)[C@H](NC(=O)[C@H](CC(=O)O)NC(=O)[C@H](CS)NC(=O)[C@H](CC(=O)O)NC(=O)CNC(=O)[C@H](CCC(N)=O)NC(=O)[C@@H](NC(=O)[C@H](C)NC(=O)[C@@H](N)CCC(N)=O)[C@@H](C)O)C(=O)N1CCC[C@H]1C(=O)NCC(=O)N1CCC[C@H]1C(=O)N1CCC[C@H]1C(=O)N[C@@H](C)C(=O)N[C@@H](CO)C(=O)N[C@@H](CC(=O)O)C(=O)N[C@H](C(=O)N[C@@H](CCCNC(=N)N)C(=O)N[C@@H](C)C(=O)N[C@@H](CCCNC(=N)N)C(=O)O)C(C)C. The molecule has 3 aliphatic heterocycles. The highest BCUT2D eigenvalue weighted by atomic mass is 32.1. The Morgan fingerprint density at radius 2 is 0.783 bits per heavy atom. The van der Waals surface area contributed by atoms with E-state index in [2.05, 4.69) is 103 Å². The topological polar surface area (TPSA) is 952 Å². The number of rotatable bonds is 62. The Balaban J connectivity index is 1.69. The molecule has 3 fully saturated rings. The van der Waals surface area contributed by atoms with Crippen molar-refractivity contribution in [3.05, 3.63) is 0 Å². The molecule has 21 amide bonds. The summed E-state index contributed by atoms with van der Waals surface area (Å²) in [6.45, 7) is 7.67. The molecule has 143 heavy (non-hydrogen) atoms. The molecule has 0 aromatic rings. The van der Waals surface area contributed by atoms with Crippen LogP contribution in [-0.4, -0.2) is 378 Å². The molecule has 20 atom stereocenters. The third kappa shape index (κ3) is 41.7. The van der Waals surface area contributed by atoms with E-state index in [1.54, 1.807) is 6.92 Å². The van der Waals surface area contributed by atoms with E-state index < -0.39 is 338 Å². The Bertz CT molecular complexity index is 4630. The van der Waals surface area contributed by atoms with Crippen LogP contribution in [-0.2, 0) is 120 Å². The van der Waals surface area contributed by atoms with Gasteiger partial charge in [-0.15, -0.1) is 0 Å². The fraction of sp³-hybridized carbons (Fsp3) is 0.675. The number of hydrogen-bond acceptors (Lipinski definition) is 31. The number of aliphatic carboxylic acids is 4. The maximum absolute atomic E-state index is 14.7. The molecule has 800 valence electrons. The predicted octanol–water partition coefficient (Wildman–Crippen LogP) is -14.1. The Kier molecular flexibility index (Phi) is 52.0. The van der Waals surface area contributed by atoms with Gasteiger partial charge in [-0.1, -0.05) is 34.1 Å². The van der Waals surface area contributed by atoms with Crippen LogP contribution in [0.15, 0.2) is 0 Å². The summed E-state index contributed by atoms with van der Waals surface area (Å²) in [7, 11) is 0. The second-order valence-electron chi connectivity index (χ2n) is 34.7. The van der Waals surface area contributed by atoms with Crippen LogP contribution < -0.4 is 124 Å². The van der Waals surface area contributed by atoms with Crippen LogP contribution in [0.1, 0.15) is 171 Å². The molecule has 0 saturated carbocycles. The number of thiol groups is 1. The zero-order chi connectivity index (χ0) is 108. The fourth-order valence-corrected chi connectivity index (χ4v) is 15.1. The van der Waals surface area contributed by atoms with Crippen molar-refractivity contribution in [2.24, 2.45) is 40.5 Å². The second kappa shape index (κ2) is 60.6. The number of nitrogens with one attached hydrogen (secondary N) is 20. The van der Waals surface area contributed by atoms with Gasteiger partial charge in [0.1, 0.15) is 103 Å². The highest BCUT2D eigenvalue weighted by Gasteiger charge is 2.46. The molecule has 3 saturated heterocycles. The Hall–Kier alpha value is -14.5. The van der Waals surface area contributed by atoms with Gasteiger partial charge in [-0.25, -0.2) is 4.79 Å². The number of carboxylic acids is 4. The Morgan fingerprint density at radius 1 is 0.392 bits per heavy atom. The van der Waals surface area contributed by atoms with E-state index in [0.29, 0.717) is 0 Å². The van der Waals surface area contributed by atoms with Gasteiger partial charge in [-0.3, -0.25) is 126 Å². The molecule has 0 aromatic carbocycles. The molecular formula is C83H136N28O31S. The molecule has 60 heteroatoms. The lowest BCUT2D eigenvalue weighted by molar-refractivity contribution is -0.147. The average Bonchev–Trinajstić information content (AvgIpc) is 1.66. The summed E-state index contributed by atoms with van der Waals surface area (Å²) in [6, 6.07) is -29.0. The number of carboxylic acid groups (broad SMARTS) is 4.